The molecule has 6 nitrogen and oxygen atoms in total. The summed E-state index contributed by atoms with van der Waals surface area (Å²) >= 11 is 1.76. The molecule has 0 fully saturated rings. The monoisotopic (exact) mass is 406 g/mol. The van der Waals surface area contributed by atoms with Gasteiger partial charge in [-0.2, -0.15) is 5.10 Å². The molecule has 3 aromatic rings. The van der Waals surface area contributed by atoms with E-state index in [1.54, 1.807) is 27.5 Å². The first-order chi connectivity index (χ1) is 14.2. The van der Waals surface area contributed by atoms with E-state index in [9.17, 15) is 9.59 Å². The summed E-state index contributed by atoms with van der Waals surface area (Å²) in [5, 5.41) is 7.20. The van der Waals surface area contributed by atoms with E-state index in [1.165, 1.54) is 0 Å². The molecule has 1 aromatic heterocycles. The van der Waals surface area contributed by atoms with Crippen LogP contribution in [0.2, 0.25) is 0 Å². The SMILES string of the molecule is O=C(CCC(=O)N1CCSc2ccccc21)NCc1cnn(-c2ccccc2)c1. The summed E-state index contributed by atoms with van der Waals surface area (Å²) in [6.45, 7) is 1.07. The first kappa shape index (κ1) is 19.3. The molecule has 0 spiro atoms. The number of carbonyl (C=O) groups excluding carboxylic acids is 2. The van der Waals surface area contributed by atoms with Crippen molar-refractivity contribution in [2.45, 2.75) is 24.3 Å². The van der Waals surface area contributed by atoms with Gasteiger partial charge < -0.3 is 10.2 Å². The van der Waals surface area contributed by atoms with Crippen molar-refractivity contribution in [1.82, 2.24) is 15.1 Å². The second-order valence-electron chi connectivity index (χ2n) is 6.77. The van der Waals surface area contributed by atoms with Crippen LogP contribution in [-0.2, 0) is 16.1 Å². The van der Waals surface area contributed by atoms with Crippen LogP contribution in [0.4, 0.5) is 5.69 Å². The average Bonchev–Trinajstić information content (AvgIpc) is 3.25. The Balaban J connectivity index is 1.27. The maximum absolute atomic E-state index is 12.6. The van der Waals surface area contributed by atoms with Gasteiger partial charge in [0, 0.05) is 48.3 Å². The summed E-state index contributed by atoms with van der Waals surface area (Å²) in [5.41, 5.74) is 2.83. The fourth-order valence-electron chi connectivity index (χ4n) is 3.25. The van der Waals surface area contributed by atoms with Crippen LogP contribution in [0.1, 0.15) is 18.4 Å². The number of anilines is 1. The number of thioether (sulfide) groups is 1. The van der Waals surface area contributed by atoms with Gasteiger partial charge in [-0.3, -0.25) is 9.59 Å². The van der Waals surface area contributed by atoms with Crippen LogP contribution in [0.5, 0.6) is 0 Å². The van der Waals surface area contributed by atoms with Crippen molar-refractivity contribution in [3.05, 3.63) is 72.6 Å². The van der Waals surface area contributed by atoms with Gasteiger partial charge in [0.2, 0.25) is 11.8 Å². The van der Waals surface area contributed by atoms with Gasteiger partial charge >= 0.3 is 0 Å². The van der Waals surface area contributed by atoms with Gasteiger partial charge in [0.1, 0.15) is 0 Å². The molecule has 0 atom stereocenters. The molecule has 0 saturated heterocycles. The predicted octanol–water partition coefficient (Wildman–Crippen LogP) is 3.41. The van der Waals surface area contributed by atoms with Crippen molar-refractivity contribution < 1.29 is 9.59 Å². The summed E-state index contributed by atoms with van der Waals surface area (Å²) in [7, 11) is 0. The molecular formula is C22H22N4O2S. The number of benzene rings is 2. The van der Waals surface area contributed by atoms with Crippen molar-refractivity contribution in [3.8, 4) is 5.69 Å². The lowest BCUT2D eigenvalue weighted by Gasteiger charge is -2.29. The summed E-state index contributed by atoms with van der Waals surface area (Å²) in [6.07, 6.45) is 4.01. The maximum atomic E-state index is 12.6. The van der Waals surface area contributed by atoms with E-state index in [4.69, 9.17) is 0 Å². The number of hydrogen-bond donors (Lipinski definition) is 1. The highest BCUT2D eigenvalue weighted by molar-refractivity contribution is 7.99. The highest BCUT2D eigenvalue weighted by atomic mass is 32.2. The Morgan fingerprint density at radius 3 is 2.69 bits per heavy atom. The van der Waals surface area contributed by atoms with Gasteiger partial charge in [0.05, 0.1) is 17.6 Å². The molecule has 148 valence electrons. The number of carbonyl (C=O) groups is 2. The third-order valence-electron chi connectivity index (χ3n) is 4.74. The largest absolute Gasteiger partial charge is 0.352 e. The standard InChI is InChI=1S/C22H22N4O2S/c27-21(23-14-17-15-24-26(16-17)18-6-2-1-3-7-18)10-11-22(28)25-12-13-29-20-9-5-4-8-19(20)25/h1-9,15-16H,10-14H2,(H,23,27). The highest BCUT2D eigenvalue weighted by Gasteiger charge is 2.22. The van der Waals surface area contributed by atoms with E-state index >= 15 is 0 Å². The molecule has 0 bridgehead atoms. The van der Waals surface area contributed by atoms with Gasteiger partial charge in [-0.1, -0.05) is 30.3 Å². The molecule has 1 aliphatic heterocycles. The number of fused-ring (bicyclic) bond motifs is 1. The molecule has 0 radical (unpaired) electrons. The minimum Gasteiger partial charge on any atom is -0.352 e. The number of hydrogen-bond acceptors (Lipinski definition) is 4. The third-order valence-corrected chi connectivity index (χ3v) is 5.78. The van der Waals surface area contributed by atoms with E-state index in [1.807, 2.05) is 60.8 Å². The lowest BCUT2D eigenvalue weighted by atomic mass is 10.2. The lowest BCUT2D eigenvalue weighted by Crippen LogP contribution is -2.36. The second-order valence-corrected chi connectivity index (χ2v) is 7.90. The molecule has 7 heteroatoms. The zero-order valence-electron chi connectivity index (χ0n) is 16.0. The van der Waals surface area contributed by atoms with E-state index in [0.717, 1.165) is 27.6 Å². The quantitative estimate of drug-likeness (QED) is 0.681. The highest BCUT2D eigenvalue weighted by Crippen LogP contribution is 2.34. The number of aromatic nitrogens is 2. The maximum Gasteiger partial charge on any atom is 0.227 e. The Morgan fingerprint density at radius 2 is 1.83 bits per heavy atom. The van der Waals surface area contributed by atoms with Crippen molar-refractivity contribution in [1.29, 1.82) is 0 Å². The Hall–Kier alpha value is -3.06. The van der Waals surface area contributed by atoms with Gasteiger partial charge in [-0.05, 0) is 24.3 Å². The topological polar surface area (TPSA) is 67.2 Å². The molecule has 2 heterocycles. The van der Waals surface area contributed by atoms with Crippen molar-refractivity contribution in [3.63, 3.8) is 0 Å². The molecule has 0 aliphatic carbocycles. The number of para-hydroxylation sites is 2. The van der Waals surface area contributed by atoms with Gasteiger partial charge in [-0.25, -0.2) is 4.68 Å². The number of nitrogens with zero attached hydrogens (tertiary/aromatic N) is 3. The first-order valence-electron chi connectivity index (χ1n) is 9.58. The van der Waals surface area contributed by atoms with E-state index in [0.29, 0.717) is 13.1 Å². The zero-order valence-corrected chi connectivity index (χ0v) is 16.8. The smallest absolute Gasteiger partial charge is 0.227 e. The zero-order chi connectivity index (χ0) is 20.1. The van der Waals surface area contributed by atoms with Crippen LogP contribution in [0.25, 0.3) is 5.69 Å². The number of rotatable bonds is 6. The fourth-order valence-corrected chi connectivity index (χ4v) is 4.24. The Labute approximate surface area is 173 Å². The van der Waals surface area contributed by atoms with Crippen LogP contribution in [0, 0.1) is 0 Å². The Kier molecular flexibility index (Phi) is 5.95. The third kappa shape index (κ3) is 4.68. The van der Waals surface area contributed by atoms with Gasteiger partial charge in [-0.15, -0.1) is 11.8 Å². The normalized spacial score (nSPS) is 13.0. The summed E-state index contributed by atoms with van der Waals surface area (Å²) in [4.78, 5) is 27.7. The molecule has 1 N–H and O–H groups in total. The summed E-state index contributed by atoms with van der Waals surface area (Å²) in [6, 6.07) is 17.7. The molecule has 0 unspecified atom stereocenters. The minimum absolute atomic E-state index is 0.00945. The summed E-state index contributed by atoms with van der Waals surface area (Å²) in [5.74, 6) is 0.732. The van der Waals surface area contributed by atoms with E-state index in [2.05, 4.69) is 10.4 Å². The lowest BCUT2D eigenvalue weighted by molar-refractivity contribution is -0.125. The average molecular weight is 407 g/mol. The molecule has 1 aliphatic rings. The second kappa shape index (κ2) is 8.96. The fraction of sp³-hybridized carbons (Fsp3) is 0.227. The molecule has 0 saturated carbocycles. The summed E-state index contributed by atoms with van der Waals surface area (Å²) < 4.78 is 1.77. The van der Waals surface area contributed by atoms with Crippen LogP contribution in [0.15, 0.2) is 71.9 Å². The Bertz CT molecular complexity index is 1000. The van der Waals surface area contributed by atoms with Gasteiger partial charge in [0.25, 0.3) is 0 Å². The van der Waals surface area contributed by atoms with E-state index < -0.39 is 0 Å². The molecule has 29 heavy (non-hydrogen) atoms. The molecule has 2 aromatic carbocycles. The minimum atomic E-state index is -0.134. The number of amides is 2. The number of nitrogens with one attached hydrogen (secondary N) is 1. The molecule has 2 amide bonds. The predicted molar refractivity (Wildman–Crippen MR) is 114 cm³/mol. The Morgan fingerprint density at radius 1 is 1.03 bits per heavy atom. The van der Waals surface area contributed by atoms with Crippen LogP contribution >= 0.6 is 11.8 Å². The molecule has 4 rings (SSSR count). The first-order valence-corrected chi connectivity index (χ1v) is 10.6. The molecular weight excluding hydrogens is 384 g/mol. The van der Waals surface area contributed by atoms with Crippen molar-refractivity contribution >= 4 is 29.3 Å². The van der Waals surface area contributed by atoms with Crippen LogP contribution < -0.4 is 10.2 Å². The van der Waals surface area contributed by atoms with Crippen molar-refractivity contribution in [2.75, 3.05) is 17.2 Å². The van der Waals surface area contributed by atoms with Gasteiger partial charge in [0.15, 0.2) is 0 Å². The van der Waals surface area contributed by atoms with Crippen LogP contribution in [0.3, 0.4) is 0 Å². The van der Waals surface area contributed by atoms with Crippen LogP contribution in [-0.4, -0.2) is 33.9 Å². The van der Waals surface area contributed by atoms with E-state index in [-0.39, 0.29) is 24.7 Å². The van der Waals surface area contributed by atoms with Crippen molar-refractivity contribution in [2.24, 2.45) is 0 Å².